The van der Waals surface area contributed by atoms with Gasteiger partial charge in [-0.2, -0.15) is 0 Å². The van der Waals surface area contributed by atoms with Gasteiger partial charge < -0.3 is 10.3 Å². The van der Waals surface area contributed by atoms with Gasteiger partial charge in [-0.3, -0.25) is 4.70 Å². The topological polar surface area (TPSA) is 43.8 Å². The molecule has 3 nitrogen and oxygen atoms in total. The van der Waals surface area contributed by atoms with E-state index in [2.05, 4.69) is 4.98 Å². The van der Waals surface area contributed by atoms with E-state index in [1.807, 2.05) is 10.8 Å². The summed E-state index contributed by atoms with van der Waals surface area (Å²) >= 11 is 0. The van der Waals surface area contributed by atoms with Crippen LogP contribution >= 0.6 is 0 Å². The Hall–Kier alpha value is -0.900. The summed E-state index contributed by atoms with van der Waals surface area (Å²) in [4.78, 5) is 3.90. The first-order valence-electron chi connectivity index (χ1n) is 3.09. The number of aryl methyl sites for hydroxylation is 1. The van der Waals surface area contributed by atoms with Crippen LogP contribution in [0.3, 0.4) is 0 Å². The maximum Gasteiger partial charge on any atom is 0.0945 e. The van der Waals surface area contributed by atoms with E-state index in [0.29, 0.717) is 0 Å². The first kappa shape index (κ1) is 9.10. The maximum atomic E-state index is 5.31. The Morgan fingerprint density at radius 1 is 1.50 bits per heavy atom. The van der Waals surface area contributed by atoms with E-state index < -0.39 is 0 Å². The molecule has 1 aromatic rings. The molecule has 0 aliphatic rings. The van der Waals surface area contributed by atoms with Crippen LogP contribution in [0.15, 0.2) is 18.7 Å². The van der Waals surface area contributed by atoms with Crippen molar-refractivity contribution >= 4 is 0 Å². The summed E-state index contributed by atoms with van der Waals surface area (Å²) in [6, 6.07) is 0. The highest BCUT2D eigenvalue weighted by Crippen LogP contribution is 1.87. The number of aromatic nitrogens is 2. The lowest BCUT2D eigenvalue weighted by Gasteiger charge is -1.96. The summed E-state index contributed by atoms with van der Waals surface area (Å²) in [5.74, 6) is 0. The highest BCUT2D eigenvalue weighted by atomic mass is 19.0. The van der Waals surface area contributed by atoms with Gasteiger partial charge in [-0.1, -0.05) is 0 Å². The first-order valence-corrected chi connectivity index (χ1v) is 3.09. The predicted molar refractivity (Wildman–Crippen MR) is 38.4 cm³/mol. The minimum atomic E-state index is 0. The average molecular weight is 145 g/mol. The van der Waals surface area contributed by atoms with Crippen LogP contribution in [-0.2, 0) is 6.54 Å². The normalized spacial score (nSPS) is 8.90. The zero-order valence-electron chi connectivity index (χ0n) is 5.73. The third kappa shape index (κ3) is 2.59. The second kappa shape index (κ2) is 4.93. The minimum Gasteiger partial charge on any atom is -0.337 e. The quantitative estimate of drug-likeness (QED) is 0.668. The van der Waals surface area contributed by atoms with Crippen molar-refractivity contribution < 1.29 is 4.70 Å². The van der Waals surface area contributed by atoms with E-state index in [1.165, 1.54) is 0 Å². The minimum absolute atomic E-state index is 0. The molecule has 0 fully saturated rings. The van der Waals surface area contributed by atoms with Crippen molar-refractivity contribution in [1.29, 1.82) is 0 Å². The van der Waals surface area contributed by atoms with Crippen LogP contribution in [0.25, 0.3) is 0 Å². The second-order valence-corrected chi connectivity index (χ2v) is 1.94. The van der Waals surface area contributed by atoms with Crippen molar-refractivity contribution in [1.82, 2.24) is 9.55 Å². The lowest BCUT2D eigenvalue weighted by atomic mass is 10.4. The number of hydrogen-bond acceptors (Lipinski definition) is 2. The Kier molecular flexibility index (Phi) is 4.49. The van der Waals surface area contributed by atoms with Crippen molar-refractivity contribution in [3.8, 4) is 0 Å². The van der Waals surface area contributed by atoms with Crippen molar-refractivity contribution in [2.75, 3.05) is 6.54 Å². The van der Waals surface area contributed by atoms with Crippen LogP contribution in [0.2, 0.25) is 0 Å². The number of halogens is 1. The molecule has 0 spiro atoms. The summed E-state index contributed by atoms with van der Waals surface area (Å²) in [5, 5.41) is 0. The fraction of sp³-hybridized carbons (Fsp3) is 0.500. The molecule has 4 heteroatoms. The Bertz CT molecular complexity index is 150. The van der Waals surface area contributed by atoms with Crippen molar-refractivity contribution in [3.63, 3.8) is 0 Å². The summed E-state index contributed by atoms with van der Waals surface area (Å²) < 4.78 is 2.02. The van der Waals surface area contributed by atoms with Gasteiger partial charge in [0.05, 0.1) is 6.33 Å². The molecular formula is C6H12FN3. The molecule has 0 unspecified atom stereocenters. The van der Waals surface area contributed by atoms with Gasteiger partial charge in [-0.15, -0.1) is 0 Å². The molecule has 0 atom stereocenters. The third-order valence-electron chi connectivity index (χ3n) is 1.18. The van der Waals surface area contributed by atoms with Gasteiger partial charge in [-0.05, 0) is 13.0 Å². The van der Waals surface area contributed by atoms with Crippen molar-refractivity contribution in [2.45, 2.75) is 13.0 Å². The number of rotatable bonds is 3. The van der Waals surface area contributed by atoms with Crippen LogP contribution in [-0.4, -0.2) is 16.1 Å². The molecule has 0 aliphatic heterocycles. The molecule has 0 aromatic carbocycles. The molecule has 1 rings (SSSR count). The number of imidazole rings is 1. The molecule has 0 saturated carbocycles. The fourth-order valence-corrected chi connectivity index (χ4v) is 0.693. The van der Waals surface area contributed by atoms with Crippen LogP contribution in [0.4, 0.5) is 4.70 Å². The molecule has 0 bridgehead atoms. The maximum absolute atomic E-state index is 5.31. The molecule has 1 heterocycles. The SMILES string of the molecule is F.NCCCn1ccnc1. The molecule has 2 N–H and O–H groups in total. The van der Waals surface area contributed by atoms with E-state index in [1.54, 1.807) is 12.5 Å². The Labute approximate surface area is 59.2 Å². The van der Waals surface area contributed by atoms with E-state index in [9.17, 15) is 0 Å². The predicted octanol–water partition coefficient (Wildman–Crippen LogP) is 0.384. The first-order chi connectivity index (χ1) is 4.43. The standard InChI is InChI=1S/C6H11N3.FH/c7-2-1-4-9-5-3-8-6-9;/h3,5-6H,1-2,4,7H2;1H. The summed E-state index contributed by atoms with van der Waals surface area (Å²) in [6.45, 7) is 1.73. The highest BCUT2D eigenvalue weighted by molar-refractivity contribution is 4.73. The van der Waals surface area contributed by atoms with E-state index in [0.717, 1.165) is 19.5 Å². The summed E-state index contributed by atoms with van der Waals surface area (Å²) in [6.07, 6.45) is 6.54. The molecule has 1 aromatic heterocycles. The second-order valence-electron chi connectivity index (χ2n) is 1.94. The average Bonchev–Trinajstić information content (AvgIpc) is 2.34. The molecule has 0 amide bonds. The Morgan fingerprint density at radius 3 is 2.80 bits per heavy atom. The molecule has 58 valence electrons. The zero-order chi connectivity index (χ0) is 6.53. The van der Waals surface area contributed by atoms with Gasteiger partial charge in [0.25, 0.3) is 0 Å². The van der Waals surface area contributed by atoms with E-state index >= 15 is 0 Å². The van der Waals surface area contributed by atoms with Crippen LogP contribution in [0.5, 0.6) is 0 Å². The van der Waals surface area contributed by atoms with E-state index in [-0.39, 0.29) is 4.70 Å². The summed E-state index contributed by atoms with van der Waals surface area (Å²) in [5.41, 5.74) is 5.31. The van der Waals surface area contributed by atoms with Crippen molar-refractivity contribution in [2.24, 2.45) is 5.73 Å². The third-order valence-corrected chi connectivity index (χ3v) is 1.18. The number of nitrogens with zero attached hydrogens (tertiary/aromatic N) is 2. The Balaban J connectivity index is 0.000000810. The molecule has 0 radical (unpaired) electrons. The molecule has 10 heavy (non-hydrogen) atoms. The Morgan fingerprint density at radius 2 is 2.30 bits per heavy atom. The van der Waals surface area contributed by atoms with Gasteiger partial charge >= 0.3 is 0 Å². The molecular weight excluding hydrogens is 133 g/mol. The van der Waals surface area contributed by atoms with Gasteiger partial charge in [0.1, 0.15) is 0 Å². The van der Waals surface area contributed by atoms with Gasteiger partial charge in [0, 0.05) is 18.9 Å². The van der Waals surface area contributed by atoms with Gasteiger partial charge in [-0.25, -0.2) is 4.98 Å². The van der Waals surface area contributed by atoms with Crippen LogP contribution in [0.1, 0.15) is 6.42 Å². The lowest BCUT2D eigenvalue weighted by molar-refractivity contribution is 0.650. The smallest absolute Gasteiger partial charge is 0.0945 e. The zero-order valence-corrected chi connectivity index (χ0v) is 5.73. The molecule has 0 saturated heterocycles. The number of nitrogens with two attached hydrogens (primary N) is 1. The van der Waals surface area contributed by atoms with Crippen molar-refractivity contribution in [3.05, 3.63) is 18.7 Å². The highest BCUT2D eigenvalue weighted by Gasteiger charge is 1.85. The molecule has 0 aliphatic carbocycles. The summed E-state index contributed by atoms with van der Waals surface area (Å²) in [7, 11) is 0. The van der Waals surface area contributed by atoms with Gasteiger partial charge in [0.15, 0.2) is 0 Å². The van der Waals surface area contributed by atoms with Gasteiger partial charge in [0.2, 0.25) is 0 Å². The monoisotopic (exact) mass is 145 g/mol. The largest absolute Gasteiger partial charge is 0.337 e. The lowest BCUT2D eigenvalue weighted by Crippen LogP contribution is -2.03. The fourth-order valence-electron chi connectivity index (χ4n) is 0.693. The van der Waals surface area contributed by atoms with E-state index in [4.69, 9.17) is 5.73 Å². The van der Waals surface area contributed by atoms with Crippen LogP contribution < -0.4 is 5.73 Å². The number of hydrogen-bond donors (Lipinski definition) is 1. The van der Waals surface area contributed by atoms with Crippen LogP contribution in [0, 0.1) is 0 Å².